The third kappa shape index (κ3) is 2.84. The quantitative estimate of drug-likeness (QED) is 0.943. The third-order valence-corrected chi connectivity index (χ3v) is 4.78. The van der Waals surface area contributed by atoms with E-state index in [1.165, 1.54) is 24.0 Å². The summed E-state index contributed by atoms with van der Waals surface area (Å²) >= 11 is 0. The summed E-state index contributed by atoms with van der Waals surface area (Å²) < 4.78 is 11.4. The smallest absolute Gasteiger partial charge is 0.265 e. The number of nitrogens with one attached hydrogen (secondary N) is 1. The average Bonchev–Trinajstić information content (AvgIpc) is 3.08. The Balaban J connectivity index is 1.43. The number of rotatable bonds is 3. The van der Waals surface area contributed by atoms with Gasteiger partial charge in [-0.15, -0.1) is 0 Å². The van der Waals surface area contributed by atoms with E-state index in [0.717, 1.165) is 12.0 Å². The molecule has 0 fully saturated rings. The lowest BCUT2D eigenvalue weighted by Crippen LogP contribution is -2.44. The summed E-state index contributed by atoms with van der Waals surface area (Å²) in [7, 11) is 0. The van der Waals surface area contributed by atoms with E-state index in [4.69, 9.17) is 9.47 Å². The van der Waals surface area contributed by atoms with Crippen molar-refractivity contribution in [2.45, 2.75) is 38.3 Å². The Morgan fingerprint density at radius 3 is 2.79 bits per heavy atom. The molecule has 0 spiro atoms. The normalized spacial score (nSPS) is 19.5. The number of fused-ring (bicyclic) bond motifs is 2. The predicted molar refractivity (Wildman–Crippen MR) is 91.4 cm³/mol. The molecule has 4 heteroatoms. The lowest BCUT2D eigenvalue weighted by molar-refractivity contribution is -0.131. The van der Waals surface area contributed by atoms with Gasteiger partial charge in [0.05, 0.1) is 6.04 Å². The van der Waals surface area contributed by atoms with Crippen LogP contribution in [0.15, 0.2) is 42.5 Å². The largest absolute Gasteiger partial charge is 0.485 e. The topological polar surface area (TPSA) is 47.6 Å². The van der Waals surface area contributed by atoms with Crippen LogP contribution in [-0.4, -0.2) is 18.6 Å². The first kappa shape index (κ1) is 15.1. The first-order valence-corrected chi connectivity index (χ1v) is 8.51. The number of benzene rings is 2. The molecule has 2 atom stereocenters. The zero-order valence-corrected chi connectivity index (χ0v) is 13.7. The third-order valence-electron chi connectivity index (χ3n) is 4.78. The molecule has 0 unspecified atom stereocenters. The molecule has 0 radical (unpaired) electrons. The van der Waals surface area contributed by atoms with Crippen molar-refractivity contribution in [3.05, 3.63) is 59.2 Å². The fourth-order valence-corrected chi connectivity index (χ4v) is 3.40. The number of aryl methyl sites for hydroxylation is 2. The number of hydrogen-bond donors (Lipinski definition) is 1. The van der Waals surface area contributed by atoms with Crippen molar-refractivity contribution in [2.75, 3.05) is 6.61 Å². The molecule has 0 bridgehead atoms. The number of hydrogen-bond acceptors (Lipinski definition) is 3. The van der Waals surface area contributed by atoms with Crippen molar-refractivity contribution >= 4 is 5.91 Å². The monoisotopic (exact) mass is 323 g/mol. The lowest BCUT2D eigenvalue weighted by Gasteiger charge is -2.27. The lowest BCUT2D eigenvalue weighted by atomic mass is 10.0. The van der Waals surface area contributed by atoms with E-state index in [1.54, 1.807) is 0 Å². The SMILES string of the molecule is C[C@H](NC(=O)[C@H]1COc2ccccc2O1)c1ccc2c(c1)CCC2. The predicted octanol–water partition coefficient (Wildman–Crippen LogP) is 3.19. The molecule has 0 saturated heterocycles. The molecule has 1 aliphatic carbocycles. The standard InChI is InChI=1S/C20H21NO3/c1-13(15-10-9-14-5-4-6-16(14)11-15)21-20(22)19-12-23-17-7-2-3-8-18(17)24-19/h2-3,7-11,13,19H,4-6,12H2,1H3,(H,21,22)/t13-,19+/m0/s1. The van der Waals surface area contributed by atoms with E-state index in [2.05, 4.69) is 23.5 Å². The van der Waals surface area contributed by atoms with Crippen LogP contribution >= 0.6 is 0 Å². The molecule has 2 aromatic rings. The number of amides is 1. The highest BCUT2D eigenvalue weighted by Crippen LogP contribution is 2.31. The summed E-state index contributed by atoms with van der Waals surface area (Å²) in [6.45, 7) is 2.24. The Morgan fingerprint density at radius 1 is 1.12 bits per heavy atom. The zero-order chi connectivity index (χ0) is 16.5. The Hall–Kier alpha value is -2.49. The molecule has 24 heavy (non-hydrogen) atoms. The van der Waals surface area contributed by atoms with E-state index in [0.29, 0.717) is 11.5 Å². The van der Waals surface area contributed by atoms with E-state index < -0.39 is 6.10 Å². The van der Waals surface area contributed by atoms with Crippen molar-refractivity contribution in [3.63, 3.8) is 0 Å². The zero-order valence-electron chi connectivity index (χ0n) is 13.7. The van der Waals surface area contributed by atoms with Crippen LogP contribution in [0, 0.1) is 0 Å². The second-order valence-electron chi connectivity index (χ2n) is 6.48. The maximum Gasteiger partial charge on any atom is 0.265 e. The highest BCUT2D eigenvalue weighted by atomic mass is 16.6. The van der Waals surface area contributed by atoms with Crippen LogP contribution in [-0.2, 0) is 17.6 Å². The molecule has 0 aromatic heterocycles. The molecule has 4 rings (SSSR count). The van der Waals surface area contributed by atoms with E-state index in [-0.39, 0.29) is 18.6 Å². The second kappa shape index (κ2) is 6.19. The highest BCUT2D eigenvalue weighted by Gasteiger charge is 2.28. The summed E-state index contributed by atoms with van der Waals surface area (Å²) in [6, 6.07) is 13.9. The summed E-state index contributed by atoms with van der Waals surface area (Å²) in [6.07, 6.45) is 2.92. The first-order valence-electron chi connectivity index (χ1n) is 8.51. The van der Waals surface area contributed by atoms with Gasteiger partial charge in [-0.1, -0.05) is 30.3 Å². The molecule has 0 saturated carbocycles. The summed E-state index contributed by atoms with van der Waals surface area (Å²) in [5.74, 6) is 1.17. The van der Waals surface area contributed by atoms with Gasteiger partial charge in [-0.25, -0.2) is 0 Å². The second-order valence-corrected chi connectivity index (χ2v) is 6.48. The van der Waals surface area contributed by atoms with Crippen LogP contribution in [0.25, 0.3) is 0 Å². The molecule has 1 aliphatic heterocycles. The van der Waals surface area contributed by atoms with Crippen LogP contribution in [0.4, 0.5) is 0 Å². The van der Waals surface area contributed by atoms with Crippen LogP contribution in [0.5, 0.6) is 11.5 Å². The molecule has 1 N–H and O–H groups in total. The molecule has 124 valence electrons. The molecular formula is C20H21NO3. The van der Waals surface area contributed by atoms with Crippen molar-refractivity contribution in [3.8, 4) is 11.5 Å². The number of carbonyl (C=O) groups excluding carboxylic acids is 1. The van der Waals surface area contributed by atoms with Gasteiger partial charge in [0, 0.05) is 0 Å². The van der Waals surface area contributed by atoms with Gasteiger partial charge < -0.3 is 14.8 Å². The van der Waals surface area contributed by atoms with Gasteiger partial charge in [-0.3, -0.25) is 4.79 Å². The Kier molecular flexibility index (Phi) is 3.89. The van der Waals surface area contributed by atoms with Gasteiger partial charge >= 0.3 is 0 Å². The van der Waals surface area contributed by atoms with Gasteiger partial charge in [0.25, 0.3) is 5.91 Å². The molecule has 4 nitrogen and oxygen atoms in total. The average molecular weight is 323 g/mol. The number of para-hydroxylation sites is 2. The highest BCUT2D eigenvalue weighted by molar-refractivity contribution is 5.82. The minimum Gasteiger partial charge on any atom is -0.485 e. The van der Waals surface area contributed by atoms with E-state index in [9.17, 15) is 4.79 Å². The van der Waals surface area contributed by atoms with Crippen LogP contribution in [0.1, 0.15) is 36.1 Å². The van der Waals surface area contributed by atoms with Crippen molar-refractivity contribution in [2.24, 2.45) is 0 Å². The van der Waals surface area contributed by atoms with Crippen LogP contribution in [0.3, 0.4) is 0 Å². The fourth-order valence-electron chi connectivity index (χ4n) is 3.40. The van der Waals surface area contributed by atoms with Gasteiger partial charge in [0.15, 0.2) is 11.5 Å². The van der Waals surface area contributed by atoms with E-state index in [1.807, 2.05) is 31.2 Å². The maximum absolute atomic E-state index is 12.5. The minimum atomic E-state index is -0.614. The minimum absolute atomic E-state index is 0.0517. The Morgan fingerprint density at radius 2 is 1.92 bits per heavy atom. The Bertz CT molecular complexity index is 771. The molecule has 2 aromatic carbocycles. The number of ether oxygens (including phenoxy) is 2. The van der Waals surface area contributed by atoms with Gasteiger partial charge in [0.2, 0.25) is 6.10 Å². The summed E-state index contributed by atoms with van der Waals surface area (Å²) in [5.41, 5.74) is 4.00. The molecule has 1 amide bonds. The molecule has 2 aliphatic rings. The van der Waals surface area contributed by atoms with Gasteiger partial charge in [-0.05, 0) is 55.0 Å². The number of carbonyl (C=O) groups is 1. The van der Waals surface area contributed by atoms with Gasteiger partial charge in [-0.2, -0.15) is 0 Å². The van der Waals surface area contributed by atoms with Gasteiger partial charge in [0.1, 0.15) is 6.61 Å². The Labute approximate surface area is 141 Å². The van der Waals surface area contributed by atoms with E-state index >= 15 is 0 Å². The first-order chi connectivity index (χ1) is 11.7. The summed E-state index contributed by atoms with van der Waals surface area (Å²) in [4.78, 5) is 12.5. The molecular weight excluding hydrogens is 302 g/mol. The van der Waals surface area contributed by atoms with Crippen LogP contribution in [0.2, 0.25) is 0 Å². The maximum atomic E-state index is 12.5. The van der Waals surface area contributed by atoms with Crippen molar-refractivity contribution in [1.29, 1.82) is 0 Å². The summed E-state index contributed by atoms with van der Waals surface area (Å²) in [5, 5.41) is 3.04. The van der Waals surface area contributed by atoms with Crippen molar-refractivity contribution in [1.82, 2.24) is 5.32 Å². The fraction of sp³-hybridized carbons (Fsp3) is 0.350. The van der Waals surface area contributed by atoms with Crippen molar-refractivity contribution < 1.29 is 14.3 Å². The van der Waals surface area contributed by atoms with Crippen LogP contribution < -0.4 is 14.8 Å². The molecule has 1 heterocycles.